The summed E-state index contributed by atoms with van der Waals surface area (Å²) in [6.45, 7) is 0. The van der Waals surface area contributed by atoms with Gasteiger partial charge in [-0.15, -0.1) is 0 Å². The zero-order chi connectivity index (χ0) is 9.38. The number of hydrogen-bond donors (Lipinski definition) is 1. The second kappa shape index (κ2) is 2.98. The van der Waals surface area contributed by atoms with Crippen LogP contribution in [0.4, 0.5) is 0 Å². The smallest absolute Gasteiger partial charge is 0.0921 e. The van der Waals surface area contributed by atoms with Crippen LogP contribution in [0.3, 0.4) is 0 Å². The summed E-state index contributed by atoms with van der Waals surface area (Å²) in [6, 6.07) is 8.69. The molecular weight excluding hydrogens is 172 g/mol. The fourth-order valence-electron chi connectivity index (χ4n) is 2.27. The number of imidazole rings is 1. The van der Waals surface area contributed by atoms with Crippen LogP contribution >= 0.6 is 0 Å². The van der Waals surface area contributed by atoms with Gasteiger partial charge in [-0.25, -0.2) is 4.98 Å². The van der Waals surface area contributed by atoms with E-state index in [1.165, 1.54) is 16.8 Å². The lowest BCUT2D eigenvalue weighted by molar-refractivity contribution is 0.719. The highest BCUT2D eigenvalue weighted by Crippen LogP contribution is 2.32. The van der Waals surface area contributed by atoms with Gasteiger partial charge in [-0.2, -0.15) is 0 Å². The minimum atomic E-state index is 0.606. The molecular formula is C12H12N2. The molecule has 0 spiro atoms. The van der Waals surface area contributed by atoms with Crippen LogP contribution in [-0.4, -0.2) is 9.97 Å². The largest absolute Gasteiger partial charge is 0.348 e. The number of aromatic nitrogens is 2. The molecule has 1 aromatic heterocycles. The molecule has 2 aromatic rings. The highest BCUT2D eigenvalue weighted by atomic mass is 14.9. The Morgan fingerprint density at radius 1 is 1.14 bits per heavy atom. The van der Waals surface area contributed by atoms with Crippen molar-refractivity contribution < 1.29 is 0 Å². The number of rotatable bonds is 1. The van der Waals surface area contributed by atoms with Crippen molar-refractivity contribution in [3.05, 3.63) is 53.6 Å². The van der Waals surface area contributed by atoms with Crippen molar-refractivity contribution in [1.82, 2.24) is 9.97 Å². The Morgan fingerprint density at radius 2 is 1.86 bits per heavy atom. The molecule has 0 amide bonds. The van der Waals surface area contributed by atoms with Crippen molar-refractivity contribution in [1.29, 1.82) is 0 Å². The van der Waals surface area contributed by atoms with Gasteiger partial charge in [0.2, 0.25) is 0 Å². The molecule has 1 aromatic carbocycles. The lowest BCUT2D eigenvalue weighted by atomic mass is 10.0. The molecule has 70 valence electrons. The van der Waals surface area contributed by atoms with Gasteiger partial charge < -0.3 is 4.98 Å². The molecule has 0 saturated heterocycles. The van der Waals surface area contributed by atoms with Crippen molar-refractivity contribution >= 4 is 0 Å². The van der Waals surface area contributed by atoms with Gasteiger partial charge in [0, 0.05) is 17.8 Å². The van der Waals surface area contributed by atoms with E-state index in [1.807, 2.05) is 6.20 Å². The number of nitrogens with zero attached hydrogens (tertiary/aromatic N) is 1. The third-order valence-corrected chi connectivity index (χ3v) is 3.01. The standard InChI is InChI=1S/C12H12N2/c1-2-4-10-6-11(5-9(10)3-1)12-7-13-8-14-12/h1-4,7-8,11H,5-6H2,(H,13,14). The van der Waals surface area contributed by atoms with E-state index in [2.05, 4.69) is 34.2 Å². The highest BCUT2D eigenvalue weighted by Gasteiger charge is 2.22. The zero-order valence-corrected chi connectivity index (χ0v) is 7.90. The van der Waals surface area contributed by atoms with Crippen molar-refractivity contribution in [3.63, 3.8) is 0 Å². The van der Waals surface area contributed by atoms with Crippen LogP contribution in [0.1, 0.15) is 22.7 Å². The molecule has 0 aliphatic heterocycles. The van der Waals surface area contributed by atoms with Crippen LogP contribution in [-0.2, 0) is 12.8 Å². The van der Waals surface area contributed by atoms with E-state index in [0.29, 0.717) is 5.92 Å². The Balaban J connectivity index is 1.92. The topological polar surface area (TPSA) is 28.7 Å². The lowest BCUT2D eigenvalue weighted by Crippen LogP contribution is -1.97. The lowest BCUT2D eigenvalue weighted by Gasteiger charge is -2.03. The molecule has 0 atom stereocenters. The number of fused-ring (bicyclic) bond motifs is 1. The minimum absolute atomic E-state index is 0.606. The molecule has 0 bridgehead atoms. The molecule has 1 heterocycles. The van der Waals surface area contributed by atoms with Gasteiger partial charge in [-0.05, 0) is 24.0 Å². The van der Waals surface area contributed by atoms with Gasteiger partial charge in [0.15, 0.2) is 0 Å². The number of benzene rings is 1. The summed E-state index contributed by atoms with van der Waals surface area (Å²) in [5.74, 6) is 0.606. The highest BCUT2D eigenvalue weighted by molar-refractivity contribution is 5.35. The summed E-state index contributed by atoms with van der Waals surface area (Å²) in [7, 11) is 0. The molecule has 0 fully saturated rings. The van der Waals surface area contributed by atoms with Gasteiger partial charge in [0.25, 0.3) is 0 Å². The van der Waals surface area contributed by atoms with Crippen molar-refractivity contribution in [3.8, 4) is 0 Å². The van der Waals surface area contributed by atoms with Crippen LogP contribution in [0.2, 0.25) is 0 Å². The Morgan fingerprint density at radius 3 is 2.43 bits per heavy atom. The van der Waals surface area contributed by atoms with Gasteiger partial charge in [0.1, 0.15) is 0 Å². The summed E-state index contributed by atoms with van der Waals surface area (Å²) in [5, 5.41) is 0. The molecule has 0 saturated carbocycles. The molecule has 2 heteroatoms. The van der Waals surface area contributed by atoms with Crippen LogP contribution in [0.5, 0.6) is 0 Å². The second-order valence-corrected chi connectivity index (χ2v) is 3.88. The monoisotopic (exact) mass is 184 g/mol. The molecule has 14 heavy (non-hydrogen) atoms. The first-order chi connectivity index (χ1) is 6.93. The maximum absolute atomic E-state index is 4.07. The van der Waals surface area contributed by atoms with Crippen molar-refractivity contribution in [2.24, 2.45) is 0 Å². The quantitative estimate of drug-likeness (QED) is 0.723. The number of H-pyrrole nitrogens is 1. The van der Waals surface area contributed by atoms with E-state index in [1.54, 1.807) is 6.33 Å². The maximum Gasteiger partial charge on any atom is 0.0921 e. The number of aromatic amines is 1. The Kier molecular flexibility index (Phi) is 1.66. The van der Waals surface area contributed by atoms with E-state index in [4.69, 9.17) is 0 Å². The van der Waals surface area contributed by atoms with Gasteiger partial charge in [-0.1, -0.05) is 24.3 Å². The SMILES string of the molecule is c1ccc2c(c1)CC(c1cnc[nH]1)C2. The summed E-state index contributed by atoms with van der Waals surface area (Å²) < 4.78 is 0. The van der Waals surface area contributed by atoms with Gasteiger partial charge in [-0.3, -0.25) is 0 Å². The first kappa shape index (κ1) is 7.80. The summed E-state index contributed by atoms with van der Waals surface area (Å²) in [5.41, 5.74) is 4.25. The number of nitrogens with one attached hydrogen (secondary N) is 1. The molecule has 3 rings (SSSR count). The molecule has 0 radical (unpaired) electrons. The molecule has 1 N–H and O–H groups in total. The molecule has 1 aliphatic carbocycles. The predicted molar refractivity (Wildman–Crippen MR) is 55.2 cm³/mol. The normalized spacial score (nSPS) is 15.7. The predicted octanol–water partition coefficient (Wildman–Crippen LogP) is 2.29. The third kappa shape index (κ3) is 1.15. The van der Waals surface area contributed by atoms with Gasteiger partial charge >= 0.3 is 0 Å². The van der Waals surface area contributed by atoms with E-state index >= 15 is 0 Å². The Labute approximate surface area is 83.0 Å². The summed E-state index contributed by atoms with van der Waals surface area (Å²) >= 11 is 0. The first-order valence-corrected chi connectivity index (χ1v) is 4.98. The summed E-state index contributed by atoms with van der Waals surface area (Å²) in [4.78, 5) is 7.28. The van der Waals surface area contributed by atoms with Gasteiger partial charge in [0.05, 0.1) is 6.33 Å². The average Bonchev–Trinajstić information content (AvgIpc) is 2.86. The molecule has 1 aliphatic rings. The van der Waals surface area contributed by atoms with Crippen LogP contribution in [0, 0.1) is 0 Å². The minimum Gasteiger partial charge on any atom is -0.348 e. The van der Waals surface area contributed by atoms with Crippen LogP contribution in [0.15, 0.2) is 36.8 Å². The van der Waals surface area contributed by atoms with Crippen LogP contribution < -0.4 is 0 Å². The summed E-state index contributed by atoms with van der Waals surface area (Å²) in [6.07, 6.45) is 6.01. The molecule has 2 nitrogen and oxygen atoms in total. The van der Waals surface area contributed by atoms with E-state index in [9.17, 15) is 0 Å². The van der Waals surface area contributed by atoms with E-state index in [-0.39, 0.29) is 0 Å². The molecule has 0 unspecified atom stereocenters. The van der Waals surface area contributed by atoms with Crippen molar-refractivity contribution in [2.75, 3.05) is 0 Å². The fourth-order valence-corrected chi connectivity index (χ4v) is 2.27. The second-order valence-electron chi connectivity index (χ2n) is 3.88. The third-order valence-electron chi connectivity index (χ3n) is 3.01. The average molecular weight is 184 g/mol. The fraction of sp³-hybridized carbons (Fsp3) is 0.250. The number of hydrogen-bond acceptors (Lipinski definition) is 1. The van der Waals surface area contributed by atoms with Crippen molar-refractivity contribution in [2.45, 2.75) is 18.8 Å². The Bertz CT molecular complexity index is 406. The van der Waals surface area contributed by atoms with Crippen LogP contribution in [0.25, 0.3) is 0 Å². The zero-order valence-electron chi connectivity index (χ0n) is 7.90. The van der Waals surface area contributed by atoms with E-state index < -0.39 is 0 Å². The maximum atomic E-state index is 4.07. The Hall–Kier alpha value is -1.57. The van der Waals surface area contributed by atoms with E-state index in [0.717, 1.165) is 12.8 Å². The first-order valence-electron chi connectivity index (χ1n) is 4.98.